The summed E-state index contributed by atoms with van der Waals surface area (Å²) in [5.41, 5.74) is 0.132. The van der Waals surface area contributed by atoms with Crippen LogP contribution in [0.3, 0.4) is 0 Å². The number of ether oxygens (including phenoxy) is 1. The van der Waals surface area contributed by atoms with Gasteiger partial charge < -0.3 is 9.84 Å². The average molecular weight is 216 g/mol. The number of hydrogen-bond acceptors (Lipinski definition) is 2. The SMILES string of the molecule is C[Si](C)(C)CC1(CCCO)CCCO1. The number of aliphatic hydroxyl groups is 1. The van der Waals surface area contributed by atoms with Crippen molar-refractivity contribution in [2.45, 2.75) is 57.0 Å². The van der Waals surface area contributed by atoms with Gasteiger partial charge in [-0.1, -0.05) is 19.6 Å². The number of hydrogen-bond donors (Lipinski definition) is 1. The Balaban J connectivity index is 2.53. The van der Waals surface area contributed by atoms with Crippen molar-refractivity contribution in [2.75, 3.05) is 13.2 Å². The van der Waals surface area contributed by atoms with Crippen LogP contribution < -0.4 is 0 Å². The van der Waals surface area contributed by atoms with Gasteiger partial charge in [0, 0.05) is 21.3 Å². The Labute approximate surface area is 88.7 Å². The molecule has 1 fully saturated rings. The van der Waals surface area contributed by atoms with Gasteiger partial charge >= 0.3 is 0 Å². The quantitative estimate of drug-likeness (QED) is 0.716. The highest BCUT2D eigenvalue weighted by Crippen LogP contribution is 2.37. The van der Waals surface area contributed by atoms with Crippen LogP contribution >= 0.6 is 0 Å². The summed E-state index contributed by atoms with van der Waals surface area (Å²) in [4.78, 5) is 0. The number of aliphatic hydroxyl groups excluding tert-OH is 1. The van der Waals surface area contributed by atoms with Gasteiger partial charge in [0.1, 0.15) is 0 Å². The third-order valence-electron chi connectivity index (χ3n) is 2.83. The fraction of sp³-hybridized carbons (Fsp3) is 1.00. The standard InChI is InChI=1S/C11H24O2Si/c1-14(2,3)10-11(6-4-8-12)7-5-9-13-11/h12H,4-10H2,1-3H3. The van der Waals surface area contributed by atoms with E-state index in [0.29, 0.717) is 6.61 Å². The van der Waals surface area contributed by atoms with Gasteiger partial charge in [-0.05, 0) is 31.7 Å². The van der Waals surface area contributed by atoms with Crippen LogP contribution in [-0.2, 0) is 4.74 Å². The van der Waals surface area contributed by atoms with Crippen molar-refractivity contribution in [3.63, 3.8) is 0 Å². The highest BCUT2D eigenvalue weighted by atomic mass is 28.3. The molecule has 1 N–H and O–H groups in total. The molecule has 0 aromatic heterocycles. The Bertz CT molecular complexity index is 169. The second kappa shape index (κ2) is 4.77. The highest BCUT2D eigenvalue weighted by Gasteiger charge is 2.38. The Hall–Kier alpha value is 0.137. The molecule has 1 saturated heterocycles. The lowest BCUT2D eigenvalue weighted by Crippen LogP contribution is -2.37. The van der Waals surface area contributed by atoms with Crippen molar-refractivity contribution >= 4 is 8.07 Å². The lowest BCUT2D eigenvalue weighted by atomic mass is 9.96. The van der Waals surface area contributed by atoms with E-state index in [1.165, 1.54) is 18.9 Å². The molecule has 1 atom stereocenters. The molecule has 2 nitrogen and oxygen atoms in total. The Morgan fingerprint density at radius 2 is 2.07 bits per heavy atom. The van der Waals surface area contributed by atoms with Crippen molar-refractivity contribution in [3.05, 3.63) is 0 Å². The fourth-order valence-corrected chi connectivity index (χ4v) is 4.94. The lowest BCUT2D eigenvalue weighted by Gasteiger charge is -2.34. The first-order chi connectivity index (χ1) is 6.47. The van der Waals surface area contributed by atoms with E-state index < -0.39 is 8.07 Å². The molecule has 14 heavy (non-hydrogen) atoms. The van der Waals surface area contributed by atoms with Crippen LogP contribution in [-0.4, -0.2) is 32.0 Å². The third-order valence-corrected chi connectivity index (χ3v) is 4.53. The zero-order chi connectivity index (χ0) is 10.7. The van der Waals surface area contributed by atoms with Crippen LogP contribution in [0.2, 0.25) is 25.7 Å². The van der Waals surface area contributed by atoms with Crippen LogP contribution in [0.25, 0.3) is 0 Å². The molecule has 1 heterocycles. The molecular weight excluding hydrogens is 192 g/mol. The van der Waals surface area contributed by atoms with Crippen LogP contribution in [0.1, 0.15) is 25.7 Å². The highest BCUT2D eigenvalue weighted by molar-refractivity contribution is 6.76. The summed E-state index contributed by atoms with van der Waals surface area (Å²) in [6.45, 7) is 8.42. The number of rotatable bonds is 5. The molecule has 0 saturated carbocycles. The molecule has 1 aliphatic heterocycles. The zero-order valence-corrected chi connectivity index (χ0v) is 10.8. The van der Waals surface area contributed by atoms with Gasteiger partial charge in [-0.15, -0.1) is 0 Å². The van der Waals surface area contributed by atoms with Gasteiger partial charge in [-0.25, -0.2) is 0 Å². The maximum absolute atomic E-state index is 8.90. The zero-order valence-electron chi connectivity index (χ0n) is 9.81. The summed E-state index contributed by atoms with van der Waals surface area (Å²) in [6, 6.07) is 1.25. The first-order valence-corrected chi connectivity index (χ1v) is 9.43. The first-order valence-electron chi connectivity index (χ1n) is 5.72. The van der Waals surface area contributed by atoms with Crippen molar-refractivity contribution in [1.29, 1.82) is 0 Å². The van der Waals surface area contributed by atoms with Crippen molar-refractivity contribution in [1.82, 2.24) is 0 Å². The topological polar surface area (TPSA) is 29.5 Å². The maximum Gasteiger partial charge on any atom is 0.0661 e. The normalized spacial score (nSPS) is 28.3. The molecule has 1 aliphatic rings. The molecule has 1 rings (SSSR count). The molecule has 1 unspecified atom stereocenters. The molecule has 0 bridgehead atoms. The maximum atomic E-state index is 8.90. The predicted molar refractivity (Wildman–Crippen MR) is 62.4 cm³/mol. The first kappa shape index (κ1) is 12.2. The van der Waals surface area contributed by atoms with E-state index in [2.05, 4.69) is 19.6 Å². The second-order valence-electron chi connectivity index (χ2n) is 5.70. The monoisotopic (exact) mass is 216 g/mol. The summed E-state index contributed by atoms with van der Waals surface area (Å²) < 4.78 is 5.94. The minimum absolute atomic E-state index is 0.132. The molecule has 0 spiro atoms. The predicted octanol–water partition coefficient (Wildman–Crippen LogP) is 2.65. The van der Waals surface area contributed by atoms with E-state index in [-0.39, 0.29) is 5.60 Å². The van der Waals surface area contributed by atoms with E-state index in [1.807, 2.05) is 0 Å². The summed E-state index contributed by atoms with van der Waals surface area (Å²) in [5, 5.41) is 8.90. The van der Waals surface area contributed by atoms with Gasteiger partial charge in [-0.2, -0.15) is 0 Å². The van der Waals surface area contributed by atoms with Gasteiger partial charge in [0.15, 0.2) is 0 Å². The van der Waals surface area contributed by atoms with E-state index in [9.17, 15) is 0 Å². The van der Waals surface area contributed by atoms with Crippen molar-refractivity contribution < 1.29 is 9.84 Å². The van der Waals surface area contributed by atoms with Crippen LogP contribution in [0.5, 0.6) is 0 Å². The summed E-state index contributed by atoms with van der Waals surface area (Å²) >= 11 is 0. The Morgan fingerprint density at radius 1 is 1.36 bits per heavy atom. The molecule has 0 aromatic carbocycles. The van der Waals surface area contributed by atoms with Gasteiger partial charge in [0.25, 0.3) is 0 Å². The van der Waals surface area contributed by atoms with Gasteiger partial charge in [0.05, 0.1) is 5.60 Å². The largest absolute Gasteiger partial charge is 0.396 e. The molecule has 0 aliphatic carbocycles. The molecule has 3 heteroatoms. The lowest BCUT2D eigenvalue weighted by molar-refractivity contribution is 0.00748. The van der Waals surface area contributed by atoms with Crippen LogP contribution in [0.15, 0.2) is 0 Å². The summed E-state index contributed by atoms with van der Waals surface area (Å²) in [6.07, 6.45) is 4.35. The molecule has 0 radical (unpaired) electrons. The van der Waals surface area contributed by atoms with Crippen molar-refractivity contribution in [3.8, 4) is 0 Å². The van der Waals surface area contributed by atoms with Gasteiger partial charge in [-0.3, -0.25) is 0 Å². The minimum atomic E-state index is -1.05. The summed E-state index contributed by atoms with van der Waals surface area (Å²) in [7, 11) is -1.05. The van der Waals surface area contributed by atoms with Crippen LogP contribution in [0.4, 0.5) is 0 Å². The van der Waals surface area contributed by atoms with Crippen LogP contribution in [0, 0.1) is 0 Å². The van der Waals surface area contributed by atoms with E-state index in [1.54, 1.807) is 0 Å². The molecule has 0 amide bonds. The second-order valence-corrected chi connectivity index (χ2v) is 11.2. The van der Waals surface area contributed by atoms with Crippen molar-refractivity contribution in [2.24, 2.45) is 0 Å². The van der Waals surface area contributed by atoms with Gasteiger partial charge in [0.2, 0.25) is 0 Å². The van der Waals surface area contributed by atoms with E-state index in [0.717, 1.165) is 19.4 Å². The van der Waals surface area contributed by atoms with E-state index in [4.69, 9.17) is 9.84 Å². The fourth-order valence-electron chi connectivity index (χ4n) is 2.55. The molecule has 0 aromatic rings. The van der Waals surface area contributed by atoms with E-state index >= 15 is 0 Å². The Kier molecular flexibility index (Phi) is 4.16. The molecular formula is C11H24O2Si. The Morgan fingerprint density at radius 3 is 2.50 bits per heavy atom. The third kappa shape index (κ3) is 3.71. The minimum Gasteiger partial charge on any atom is -0.396 e. The molecule has 84 valence electrons. The summed E-state index contributed by atoms with van der Waals surface area (Å²) in [5.74, 6) is 0. The smallest absolute Gasteiger partial charge is 0.0661 e. The average Bonchev–Trinajstić information content (AvgIpc) is 2.47.